The van der Waals surface area contributed by atoms with Gasteiger partial charge in [-0.2, -0.15) is 4.31 Å². The lowest BCUT2D eigenvalue weighted by Crippen LogP contribution is -2.42. The molecule has 1 aromatic rings. The van der Waals surface area contributed by atoms with Crippen molar-refractivity contribution in [1.82, 2.24) is 4.31 Å². The zero-order valence-electron chi connectivity index (χ0n) is 15.0. The van der Waals surface area contributed by atoms with Crippen molar-refractivity contribution < 1.29 is 13.2 Å². The van der Waals surface area contributed by atoms with Gasteiger partial charge in [-0.05, 0) is 48.4 Å². The molecule has 6 heteroatoms. The van der Waals surface area contributed by atoms with Crippen LogP contribution >= 0.6 is 0 Å². The highest BCUT2D eigenvalue weighted by atomic mass is 32.2. The van der Waals surface area contributed by atoms with E-state index in [-0.39, 0.29) is 16.7 Å². The van der Waals surface area contributed by atoms with Crippen LogP contribution in [0.25, 0.3) is 0 Å². The molecule has 0 saturated carbocycles. The van der Waals surface area contributed by atoms with E-state index in [0.29, 0.717) is 37.0 Å². The normalized spacial score (nSPS) is 22.5. The van der Waals surface area contributed by atoms with Crippen LogP contribution in [-0.2, 0) is 14.8 Å². The largest absolute Gasteiger partial charge is 0.326 e. The number of hydrogen-bond donors (Lipinski definition) is 1. The Morgan fingerprint density at radius 1 is 1.17 bits per heavy atom. The number of nitrogens with one attached hydrogen (secondary N) is 1. The molecule has 1 N–H and O–H groups in total. The Hall–Kier alpha value is -1.40. The number of anilines is 1. The van der Waals surface area contributed by atoms with E-state index in [4.69, 9.17) is 0 Å². The molecule has 5 nitrogen and oxygen atoms in total. The molecule has 0 spiro atoms. The van der Waals surface area contributed by atoms with E-state index < -0.39 is 10.0 Å². The first-order chi connectivity index (χ1) is 11.2. The summed E-state index contributed by atoms with van der Waals surface area (Å²) in [5.41, 5.74) is 0.625. The van der Waals surface area contributed by atoms with Gasteiger partial charge in [0.1, 0.15) is 0 Å². The van der Waals surface area contributed by atoms with E-state index >= 15 is 0 Å². The fourth-order valence-corrected chi connectivity index (χ4v) is 4.92. The maximum atomic E-state index is 12.8. The van der Waals surface area contributed by atoms with Gasteiger partial charge < -0.3 is 5.32 Å². The fraction of sp³-hybridized carbons (Fsp3) is 0.611. The van der Waals surface area contributed by atoms with Crippen molar-refractivity contribution in [3.05, 3.63) is 24.3 Å². The Labute approximate surface area is 145 Å². The highest BCUT2D eigenvalue weighted by Gasteiger charge is 2.31. The molecule has 1 saturated heterocycles. The second-order valence-corrected chi connectivity index (χ2v) is 9.38. The molecule has 24 heavy (non-hydrogen) atoms. The number of carbonyl (C=O) groups excluding carboxylic acids is 1. The minimum atomic E-state index is -3.47. The topological polar surface area (TPSA) is 66.5 Å². The van der Waals surface area contributed by atoms with Gasteiger partial charge in [0.25, 0.3) is 0 Å². The Morgan fingerprint density at radius 3 is 2.21 bits per heavy atom. The SMILES string of the molecule is CC(C)CC(=O)Nc1ccc(S(=O)(=O)N2C[C@H](C)C[C@@H](C)C2)cc1. The standard InChI is InChI=1S/C18H28N2O3S/c1-13(2)9-18(21)19-16-5-7-17(8-6-16)24(22,23)20-11-14(3)10-15(4)12-20/h5-8,13-15H,9-12H2,1-4H3,(H,19,21)/t14-,15-/m1/s1. The van der Waals surface area contributed by atoms with Crippen molar-refractivity contribution in [1.29, 1.82) is 0 Å². The number of carbonyl (C=O) groups is 1. The summed E-state index contributed by atoms with van der Waals surface area (Å²) < 4.78 is 27.2. The van der Waals surface area contributed by atoms with Crippen LogP contribution < -0.4 is 5.32 Å². The number of hydrogen-bond acceptors (Lipinski definition) is 3. The predicted molar refractivity (Wildman–Crippen MR) is 96.2 cm³/mol. The third-order valence-electron chi connectivity index (χ3n) is 4.20. The molecule has 134 valence electrons. The molecular formula is C18H28N2O3S. The van der Waals surface area contributed by atoms with Gasteiger partial charge in [0.15, 0.2) is 0 Å². The van der Waals surface area contributed by atoms with Crippen LogP contribution in [0.1, 0.15) is 40.5 Å². The molecule has 1 aliphatic rings. The summed E-state index contributed by atoms with van der Waals surface area (Å²) in [4.78, 5) is 12.1. The minimum Gasteiger partial charge on any atom is -0.326 e. The lowest BCUT2D eigenvalue weighted by molar-refractivity contribution is -0.116. The second kappa shape index (κ2) is 7.66. The van der Waals surface area contributed by atoms with Crippen LogP contribution in [0.3, 0.4) is 0 Å². The second-order valence-electron chi connectivity index (χ2n) is 7.44. The van der Waals surface area contributed by atoms with Gasteiger partial charge in [-0.25, -0.2) is 8.42 Å². The summed E-state index contributed by atoms with van der Waals surface area (Å²) in [7, 11) is -3.47. The molecule has 1 amide bonds. The van der Waals surface area contributed by atoms with Crippen molar-refractivity contribution >= 4 is 21.6 Å². The molecule has 1 fully saturated rings. The monoisotopic (exact) mass is 352 g/mol. The zero-order chi connectivity index (χ0) is 17.9. The number of sulfonamides is 1. The van der Waals surface area contributed by atoms with E-state index in [1.807, 2.05) is 13.8 Å². The lowest BCUT2D eigenvalue weighted by atomic mass is 9.94. The Balaban J connectivity index is 2.10. The average molecular weight is 353 g/mol. The zero-order valence-corrected chi connectivity index (χ0v) is 15.8. The molecule has 0 radical (unpaired) electrons. The third-order valence-corrected chi connectivity index (χ3v) is 6.05. The van der Waals surface area contributed by atoms with Crippen LogP contribution in [0.2, 0.25) is 0 Å². The maximum absolute atomic E-state index is 12.8. The average Bonchev–Trinajstić information content (AvgIpc) is 2.45. The number of piperidine rings is 1. The lowest BCUT2D eigenvalue weighted by Gasteiger charge is -2.34. The maximum Gasteiger partial charge on any atom is 0.243 e. The first kappa shape index (κ1) is 18.9. The van der Waals surface area contributed by atoms with E-state index in [0.717, 1.165) is 6.42 Å². The summed E-state index contributed by atoms with van der Waals surface area (Å²) in [6.07, 6.45) is 1.51. The molecule has 2 rings (SSSR count). The molecule has 1 aliphatic heterocycles. The molecule has 0 aromatic heterocycles. The van der Waals surface area contributed by atoms with Gasteiger partial charge in [-0.1, -0.05) is 27.7 Å². The van der Waals surface area contributed by atoms with Crippen LogP contribution in [0.5, 0.6) is 0 Å². The smallest absolute Gasteiger partial charge is 0.243 e. The van der Waals surface area contributed by atoms with Crippen molar-refractivity contribution in [3.8, 4) is 0 Å². The quantitative estimate of drug-likeness (QED) is 0.884. The third kappa shape index (κ3) is 4.80. The number of nitrogens with zero attached hydrogens (tertiary/aromatic N) is 1. The molecule has 1 aromatic carbocycles. The van der Waals surface area contributed by atoms with Crippen molar-refractivity contribution in [2.24, 2.45) is 17.8 Å². The molecule has 2 atom stereocenters. The fourth-order valence-electron chi connectivity index (χ4n) is 3.24. The summed E-state index contributed by atoms with van der Waals surface area (Å²) in [6, 6.07) is 6.46. The number of amides is 1. The van der Waals surface area contributed by atoms with E-state index in [1.165, 1.54) is 0 Å². The Bertz CT molecular complexity index is 658. The van der Waals surface area contributed by atoms with Crippen LogP contribution in [0.15, 0.2) is 29.2 Å². The number of rotatable bonds is 5. The summed E-state index contributed by atoms with van der Waals surface area (Å²) in [5, 5.41) is 2.80. The first-order valence-corrected chi connectivity index (χ1v) is 10.0. The van der Waals surface area contributed by atoms with Crippen molar-refractivity contribution in [2.75, 3.05) is 18.4 Å². The van der Waals surface area contributed by atoms with E-state index in [2.05, 4.69) is 19.2 Å². The molecule has 1 heterocycles. The summed E-state index contributed by atoms with van der Waals surface area (Å²) >= 11 is 0. The van der Waals surface area contributed by atoms with Gasteiger partial charge in [0, 0.05) is 25.2 Å². The highest BCUT2D eigenvalue weighted by molar-refractivity contribution is 7.89. The number of benzene rings is 1. The van der Waals surface area contributed by atoms with E-state index in [9.17, 15) is 13.2 Å². The first-order valence-electron chi connectivity index (χ1n) is 8.58. The molecule has 0 unspecified atom stereocenters. The predicted octanol–water partition coefficient (Wildman–Crippen LogP) is 3.34. The Morgan fingerprint density at radius 2 is 1.71 bits per heavy atom. The molecule has 0 aliphatic carbocycles. The van der Waals surface area contributed by atoms with Crippen LogP contribution in [0.4, 0.5) is 5.69 Å². The van der Waals surface area contributed by atoms with Gasteiger partial charge in [-0.3, -0.25) is 4.79 Å². The Kier molecular flexibility index (Phi) is 6.04. The van der Waals surface area contributed by atoms with E-state index in [1.54, 1.807) is 28.6 Å². The van der Waals surface area contributed by atoms with Crippen molar-refractivity contribution in [3.63, 3.8) is 0 Å². The molecular weight excluding hydrogens is 324 g/mol. The summed E-state index contributed by atoms with van der Waals surface area (Å²) in [5.74, 6) is 0.975. The highest BCUT2D eigenvalue weighted by Crippen LogP contribution is 2.27. The van der Waals surface area contributed by atoms with Gasteiger partial charge in [-0.15, -0.1) is 0 Å². The minimum absolute atomic E-state index is 0.0562. The van der Waals surface area contributed by atoms with Crippen molar-refractivity contribution in [2.45, 2.75) is 45.4 Å². The molecule has 0 bridgehead atoms. The van der Waals surface area contributed by atoms with Gasteiger partial charge in [0.05, 0.1) is 4.90 Å². The van der Waals surface area contributed by atoms with Gasteiger partial charge >= 0.3 is 0 Å². The summed E-state index contributed by atoms with van der Waals surface area (Å²) in [6.45, 7) is 9.28. The van der Waals surface area contributed by atoms with Gasteiger partial charge in [0.2, 0.25) is 15.9 Å². The van der Waals surface area contributed by atoms with Crippen LogP contribution in [0, 0.1) is 17.8 Å². The van der Waals surface area contributed by atoms with Crippen LogP contribution in [-0.4, -0.2) is 31.7 Å².